The lowest BCUT2D eigenvalue weighted by Gasteiger charge is -2.28. The lowest BCUT2D eigenvalue weighted by atomic mass is 10.1. The van der Waals surface area contributed by atoms with E-state index < -0.39 is 0 Å². The standard InChI is InChI=1S/C15H26N2O2/c1-4-17(10-14-7-5-6-8-18-14)9-13-11-19-15(16-13)12(2)3/h11-12,14H,4-10H2,1-3H3/t14-/m0/s1. The highest BCUT2D eigenvalue weighted by Gasteiger charge is 2.18. The summed E-state index contributed by atoms with van der Waals surface area (Å²) in [6.45, 7) is 10.2. The largest absolute Gasteiger partial charge is 0.448 e. The van der Waals surface area contributed by atoms with Crippen LogP contribution in [0.5, 0.6) is 0 Å². The second-order valence-corrected chi connectivity index (χ2v) is 5.65. The summed E-state index contributed by atoms with van der Waals surface area (Å²) < 4.78 is 11.3. The first-order chi connectivity index (χ1) is 9.19. The molecule has 1 fully saturated rings. The smallest absolute Gasteiger partial charge is 0.196 e. The molecular formula is C15H26N2O2. The molecule has 1 saturated heterocycles. The zero-order valence-corrected chi connectivity index (χ0v) is 12.4. The molecule has 19 heavy (non-hydrogen) atoms. The molecular weight excluding hydrogens is 240 g/mol. The van der Waals surface area contributed by atoms with Crippen molar-refractivity contribution in [2.75, 3.05) is 19.7 Å². The van der Waals surface area contributed by atoms with Crippen LogP contribution >= 0.6 is 0 Å². The van der Waals surface area contributed by atoms with Crippen LogP contribution in [0.2, 0.25) is 0 Å². The van der Waals surface area contributed by atoms with Crippen LogP contribution in [0.3, 0.4) is 0 Å². The molecule has 1 atom stereocenters. The third kappa shape index (κ3) is 4.32. The van der Waals surface area contributed by atoms with Crippen molar-refractivity contribution in [2.24, 2.45) is 0 Å². The van der Waals surface area contributed by atoms with Gasteiger partial charge in [-0.2, -0.15) is 0 Å². The van der Waals surface area contributed by atoms with E-state index in [0.717, 1.165) is 37.8 Å². The van der Waals surface area contributed by atoms with Crippen LogP contribution in [-0.2, 0) is 11.3 Å². The number of ether oxygens (including phenoxy) is 1. The van der Waals surface area contributed by atoms with Crippen LogP contribution in [0, 0.1) is 0 Å². The van der Waals surface area contributed by atoms with Gasteiger partial charge >= 0.3 is 0 Å². The quantitative estimate of drug-likeness (QED) is 0.792. The molecule has 0 radical (unpaired) electrons. The summed E-state index contributed by atoms with van der Waals surface area (Å²) >= 11 is 0. The van der Waals surface area contributed by atoms with Crippen molar-refractivity contribution in [3.05, 3.63) is 17.8 Å². The molecule has 4 nitrogen and oxygen atoms in total. The average Bonchev–Trinajstić information content (AvgIpc) is 2.88. The maximum Gasteiger partial charge on any atom is 0.196 e. The Morgan fingerprint density at radius 3 is 2.84 bits per heavy atom. The topological polar surface area (TPSA) is 38.5 Å². The fourth-order valence-electron chi connectivity index (χ4n) is 2.43. The highest BCUT2D eigenvalue weighted by Crippen LogP contribution is 2.17. The minimum atomic E-state index is 0.352. The van der Waals surface area contributed by atoms with Crippen molar-refractivity contribution in [1.29, 1.82) is 0 Å². The van der Waals surface area contributed by atoms with E-state index in [1.54, 1.807) is 6.26 Å². The second-order valence-electron chi connectivity index (χ2n) is 5.65. The Kier molecular flexibility index (Phi) is 5.40. The predicted octanol–water partition coefficient (Wildman–Crippen LogP) is 3.19. The van der Waals surface area contributed by atoms with Crippen LogP contribution in [0.15, 0.2) is 10.7 Å². The Morgan fingerprint density at radius 2 is 2.26 bits per heavy atom. The SMILES string of the molecule is CCN(Cc1coc(C(C)C)n1)C[C@@H]1CCCCO1. The molecule has 0 aromatic carbocycles. The van der Waals surface area contributed by atoms with E-state index >= 15 is 0 Å². The second kappa shape index (κ2) is 7.06. The maximum absolute atomic E-state index is 5.81. The molecule has 1 aliphatic heterocycles. The van der Waals surface area contributed by atoms with Crippen LogP contribution < -0.4 is 0 Å². The molecule has 0 unspecified atom stereocenters. The van der Waals surface area contributed by atoms with Crippen molar-refractivity contribution in [3.8, 4) is 0 Å². The summed E-state index contributed by atoms with van der Waals surface area (Å²) in [7, 11) is 0. The van der Waals surface area contributed by atoms with E-state index in [2.05, 4.69) is 30.7 Å². The Bertz CT molecular complexity index is 370. The Morgan fingerprint density at radius 1 is 1.42 bits per heavy atom. The molecule has 2 heterocycles. The first kappa shape index (κ1) is 14.5. The van der Waals surface area contributed by atoms with Crippen LogP contribution in [0.4, 0.5) is 0 Å². The Hall–Kier alpha value is -0.870. The number of likely N-dealkylation sites (N-methyl/N-ethyl adjacent to an activating group) is 1. The van der Waals surface area contributed by atoms with Gasteiger partial charge in [0, 0.05) is 25.6 Å². The van der Waals surface area contributed by atoms with Crippen molar-refractivity contribution < 1.29 is 9.15 Å². The highest BCUT2D eigenvalue weighted by molar-refractivity contribution is 4.99. The third-order valence-corrected chi connectivity index (χ3v) is 3.63. The number of nitrogens with zero attached hydrogens (tertiary/aromatic N) is 2. The lowest BCUT2D eigenvalue weighted by molar-refractivity contribution is -0.00642. The van der Waals surface area contributed by atoms with E-state index in [9.17, 15) is 0 Å². The molecule has 2 rings (SSSR count). The lowest BCUT2D eigenvalue weighted by Crippen LogP contribution is -2.35. The van der Waals surface area contributed by atoms with Crippen LogP contribution in [-0.4, -0.2) is 35.7 Å². The number of hydrogen-bond donors (Lipinski definition) is 0. The van der Waals surface area contributed by atoms with Gasteiger partial charge in [-0.25, -0.2) is 4.98 Å². The fourth-order valence-corrected chi connectivity index (χ4v) is 2.43. The van der Waals surface area contributed by atoms with E-state index in [1.807, 2.05) is 0 Å². The van der Waals surface area contributed by atoms with E-state index in [4.69, 9.17) is 9.15 Å². The van der Waals surface area contributed by atoms with Gasteiger partial charge in [0.1, 0.15) is 6.26 Å². The van der Waals surface area contributed by atoms with Gasteiger partial charge in [0.05, 0.1) is 11.8 Å². The number of hydrogen-bond acceptors (Lipinski definition) is 4. The van der Waals surface area contributed by atoms with Gasteiger partial charge in [-0.1, -0.05) is 20.8 Å². The molecule has 0 aliphatic carbocycles. The van der Waals surface area contributed by atoms with Crippen LogP contribution in [0.1, 0.15) is 57.5 Å². The molecule has 0 N–H and O–H groups in total. The van der Waals surface area contributed by atoms with E-state index in [-0.39, 0.29) is 0 Å². The minimum absolute atomic E-state index is 0.352. The van der Waals surface area contributed by atoms with Gasteiger partial charge in [0.25, 0.3) is 0 Å². The highest BCUT2D eigenvalue weighted by atomic mass is 16.5. The normalized spacial score (nSPS) is 20.4. The Balaban J connectivity index is 1.86. The number of rotatable bonds is 6. The van der Waals surface area contributed by atoms with Gasteiger partial charge in [0.15, 0.2) is 5.89 Å². The van der Waals surface area contributed by atoms with Crippen molar-refractivity contribution >= 4 is 0 Å². The van der Waals surface area contributed by atoms with E-state index in [0.29, 0.717) is 12.0 Å². The summed E-state index contributed by atoms with van der Waals surface area (Å²) in [5.74, 6) is 1.19. The van der Waals surface area contributed by atoms with Gasteiger partial charge in [0.2, 0.25) is 0 Å². The van der Waals surface area contributed by atoms with Crippen molar-refractivity contribution in [1.82, 2.24) is 9.88 Å². The first-order valence-electron chi connectivity index (χ1n) is 7.47. The monoisotopic (exact) mass is 266 g/mol. The summed E-state index contributed by atoms with van der Waals surface area (Å²) in [5.41, 5.74) is 1.03. The van der Waals surface area contributed by atoms with Crippen molar-refractivity contribution in [2.45, 2.75) is 58.6 Å². The van der Waals surface area contributed by atoms with Gasteiger partial charge in [-0.15, -0.1) is 0 Å². The molecule has 0 bridgehead atoms. The molecule has 0 spiro atoms. The van der Waals surface area contributed by atoms with E-state index in [1.165, 1.54) is 19.3 Å². The Labute approximate surface area is 116 Å². The zero-order chi connectivity index (χ0) is 13.7. The average molecular weight is 266 g/mol. The van der Waals surface area contributed by atoms with Gasteiger partial charge in [-0.3, -0.25) is 4.90 Å². The minimum Gasteiger partial charge on any atom is -0.448 e. The molecule has 0 saturated carbocycles. The molecule has 1 aliphatic rings. The summed E-state index contributed by atoms with van der Waals surface area (Å²) in [5, 5.41) is 0. The van der Waals surface area contributed by atoms with Crippen molar-refractivity contribution in [3.63, 3.8) is 0 Å². The number of oxazole rings is 1. The van der Waals surface area contributed by atoms with Gasteiger partial charge < -0.3 is 9.15 Å². The zero-order valence-electron chi connectivity index (χ0n) is 12.4. The predicted molar refractivity (Wildman–Crippen MR) is 75.1 cm³/mol. The molecule has 0 amide bonds. The maximum atomic E-state index is 5.81. The summed E-state index contributed by atoms with van der Waals surface area (Å²) in [4.78, 5) is 6.93. The first-order valence-corrected chi connectivity index (χ1v) is 7.47. The molecule has 108 valence electrons. The molecule has 1 aromatic rings. The third-order valence-electron chi connectivity index (χ3n) is 3.63. The summed E-state index contributed by atoms with van der Waals surface area (Å²) in [6.07, 6.45) is 5.88. The fraction of sp³-hybridized carbons (Fsp3) is 0.800. The number of aromatic nitrogens is 1. The van der Waals surface area contributed by atoms with Crippen LogP contribution in [0.25, 0.3) is 0 Å². The van der Waals surface area contributed by atoms with Gasteiger partial charge in [-0.05, 0) is 25.8 Å². The molecule has 4 heteroatoms. The molecule has 1 aromatic heterocycles. The summed E-state index contributed by atoms with van der Waals surface area (Å²) in [6, 6.07) is 0.